The zero-order valence-electron chi connectivity index (χ0n) is 13.2. The van der Waals surface area contributed by atoms with Crippen molar-refractivity contribution in [1.29, 1.82) is 0 Å². The van der Waals surface area contributed by atoms with Gasteiger partial charge in [-0.3, -0.25) is 4.79 Å². The Morgan fingerprint density at radius 1 is 1.19 bits per heavy atom. The van der Waals surface area contributed by atoms with Crippen LogP contribution in [0.4, 0.5) is 4.79 Å². The Labute approximate surface area is 126 Å². The van der Waals surface area contributed by atoms with Crippen LogP contribution in [0, 0.1) is 5.92 Å². The second-order valence-corrected chi connectivity index (χ2v) is 6.80. The molecule has 0 aromatic heterocycles. The van der Waals surface area contributed by atoms with Crippen LogP contribution in [0.5, 0.6) is 0 Å². The first-order valence-electron chi connectivity index (χ1n) is 7.71. The first-order valence-corrected chi connectivity index (χ1v) is 7.71. The van der Waals surface area contributed by atoms with Crippen molar-refractivity contribution in [1.82, 2.24) is 10.2 Å². The fourth-order valence-corrected chi connectivity index (χ4v) is 2.76. The lowest BCUT2D eigenvalue weighted by atomic mass is 9.99. The third kappa shape index (κ3) is 4.88. The molecule has 0 saturated carbocycles. The van der Waals surface area contributed by atoms with Gasteiger partial charge in [-0.25, -0.2) is 4.79 Å². The summed E-state index contributed by atoms with van der Waals surface area (Å²) >= 11 is 0. The van der Waals surface area contributed by atoms with Crippen molar-refractivity contribution in [3.63, 3.8) is 0 Å². The average Bonchev–Trinajstić information content (AvgIpc) is 2.85. The van der Waals surface area contributed by atoms with Crippen LogP contribution in [-0.2, 0) is 14.3 Å². The van der Waals surface area contributed by atoms with Crippen molar-refractivity contribution in [3.05, 3.63) is 0 Å². The molecule has 0 aromatic rings. The highest BCUT2D eigenvalue weighted by molar-refractivity contribution is 5.79. The van der Waals surface area contributed by atoms with E-state index in [1.165, 1.54) is 0 Å². The molecule has 2 heterocycles. The third-order valence-corrected chi connectivity index (χ3v) is 3.79. The van der Waals surface area contributed by atoms with Gasteiger partial charge in [-0.2, -0.15) is 0 Å². The minimum atomic E-state index is -0.500. The molecule has 0 spiro atoms. The number of carbonyl (C=O) groups excluding carboxylic acids is 2. The van der Waals surface area contributed by atoms with E-state index in [1.807, 2.05) is 25.7 Å². The van der Waals surface area contributed by atoms with E-state index in [0.29, 0.717) is 26.3 Å². The van der Waals surface area contributed by atoms with Crippen LogP contribution in [0.15, 0.2) is 0 Å². The van der Waals surface area contributed by atoms with Crippen molar-refractivity contribution < 1.29 is 19.1 Å². The summed E-state index contributed by atoms with van der Waals surface area (Å²) in [6.07, 6.45) is 1.99. The number of hydrogen-bond acceptors (Lipinski definition) is 4. The summed E-state index contributed by atoms with van der Waals surface area (Å²) in [6.45, 7) is 8.13. The van der Waals surface area contributed by atoms with Crippen molar-refractivity contribution in [2.75, 3.05) is 26.3 Å². The summed E-state index contributed by atoms with van der Waals surface area (Å²) in [4.78, 5) is 26.0. The van der Waals surface area contributed by atoms with Crippen LogP contribution < -0.4 is 5.32 Å². The Kier molecular flexibility index (Phi) is 5.08. The highest BCUT2D eigenvalue weighted by Gasteiger charge is 2.32. The molecule has 1 unspecified atom stereocenters. The number of hydrogen-bond donors (Lipinski definition) is 1. The summed E-state index contributed by atoms with van der Waals surface area (Å²) in [5.41, 5.74) is -0.500. The summed E-state index contributed by atoms with van der Waals surface area (Å²) < 4.78 is 10.5. The van der Waals surface area contributed by atoms with Crippen molar-refractivity contribution in [2.45, 2.75) is 51.7 Å². The fraction of sp³-hybridized carbons (Fsp3) is 0.867. The Hall–Kier alpha value is -1.30. The average molecular weight is 298 g/mol. The van der Waals surface area contributed by atoms with E-state index in [-0.39, 0.29) is 17.9 Å². The number of carbonyl (C=O) groups is 2. The number of likely N-dealkylation sites (tertiary alicyclic amines) is 1. The second kappa shape index (κ2) is 6.64. The monoisotopic (exact) mass is 298 g/mol. The smallest absolute Gasteiger partial charge is 0.407 e. The molecule has 1 atom stereocenters. The molecule has 2 aliphatic heterocycles. The fourth-order valence-electron chi connectivity index (χ4n) is 2.76. The van der Waals surface area contributed by atoms with E-state index in [2.05, 4.69) is 5.32 Å². The van der Waals surface area contributed by atoms with E-state index >= 15 is 0 Å². The maximum atomic E-state index is 12.4. The largest absolute Gasteiger partial charge is 0.444 e. The van der Waals surface area contributed by atoms with E-state index < -0.39 is 11.7 Å². The predicted octanol–water partition coefficient (Wildman–Crippen LogP) is 1.54. The lowest BCUT2D eigenvalue weighted by Gasteiger charge is -2.26. The molecule has 0 aromatic carbocycles. The SMILES string of the molecule is CC(C)(C)OC(=O)NC1CCN(C(=O)C2CCOCC2)C1. The normalized spacial score (nSPS) is 24.0. The highest BCUT2D eigenvalue weighted by Crippen LogP contribution is 2.21. The van der Waals surface area contributed by atoms with Crippen LogP contribution in [0.25, 0.3) is 0 Å². The molecule has 2 saturated heterocycles. The second-order valence-electron chi connectivity index (χ2n) is 6.80. The first kappa shape index (κ1) is 16.1. The van der Waals surface area contributed by atoms with Gasteiger partial charge in [0, 0.05) is 32.2 Å². The van der Waals surface area contributed by atoms with E-state index in [0.717, 1.165) is 19.3 Å². The molecule has 1 N–H and O–H groups in total. The number of nitrogens with zero attached hydrogens (tertiary/aromatic N) is 1. The van der Waals surface area contributed by atoms with Gasteiger partial charge in [0.15, 0.2) is 0 Å². The summed E-state index contributed by atoms with van der Waals surface area (Å²) in [6, 6.07) is -0.0105. The van der Waals surface area contributed by atoms with Crippen LogP contribution in [0.2, 0.25) is 0 Å². The summed E-state index contributed by atoms with van der Waals surface area (Å²) in [7, 11) is 0. The molecule has 0 aliphatic carbocycles. The number of amides is 2. The van der Waals surface area contributed by atoms with Crippen LogP contribution in [0.3, 0.4) is 0 Å². The van der Waals surface area contributed by atoms with Crippen molar-refractivity contribution in [3.8, 4) is 0 Å². The zero-order chi connectivity index (χ0) is 15.5. The molecule has 21 heavy (non-hydrogen) atoms. The van der Waals surface area contributed by atoms with E-state index in [4.69, 9.17) is 9.47 Å². The maximum Gasteiger partial charge on any atom is 0.407 e. The van der Waals surface area contributed by atoms with Gasteiger partial charge in [-0.1, -0.05) is 0 Å². The number of rotatable bonds is 2. The molecular formula is C15H26N2O4. The standard InChI is InChI=1S/C15H26N2O4/c1-15(2,3)21-14(19)16-12-4-7-17(10-12)13(18)11-5-8-20-9-6-11/h11-12H,4-10H2,1-3H3,(H,16,19). The van der Waals surface area contributed by atoms with Crippen molar-refractivity contribution in [2.24, 2.45) is 5.92 Å². The Morgan fingerprint density at radius 2 is 1.86 bits per heavy atom. The first-order chi connectivity index (χ1) is 9.85. The lowest BCUT2D eigenvalue weighted by molar-refractivity contribution is -0.137. The molecule has 2 rings (SSSR count). The summed E-state index contributed by atoms with van der Waals surface area (Å²) in [5, 5.41) is 2.84. The van der Waals surface area contributed by atoms with Crippen LogP contribution >= 0.6 is 0 Å². The van der Waals surface area contributed by atoms with Crippen LogP contribution in [0.1, 0.15) is 40.0 Å². The highest BCUT2D eigenvalue weighted by atomic mass is 16.6. The molecule has 2 amide bonds. The molecule has 0 bridgehead atoms. The molecule has 0 radical (unpaired) electrons. The topological polar surface area (TPSA) is 67.9 Å². The van der Waals surface area contributed by atoms with Gasteiger partial charge in [0.25, 0.3) is 0 Å². The summed E-state index contributed by atoms with van der Waals surface area (Å²) in [5.74, 6) is 0.283. The number of nitrogens with one attached hydrogen (secondary N) is 1. The van der Waals surface area contributed by atoms with Gasteiger partial charge in [0.1, 0.15) is 5.60 Å². The molecular weight excluding hydrogens is 272 g/mol. The third-order valence-electron chi connectivity index (χ3n) is 3.79. The molecule has 2 aliphatic rings. The maximum absolute atomic E-state index is 12.4. The molecule has 6 heteroatoms. The minimum absolute atomic E-state index is 0.0105. The van der Waals surface area contributed by atoms with Crippen molar-refractivity contribution >= 4 is 12.0 Å². The number of ether oxygens (including phenoxy) is 2. The number of alkyl carbamates (subject to hydrolysis) is 1. The zero-order valence-corrected chi connectivity index (χ0v) is 13.2. The quantitative estimate of drug-likeness (QED) is 0.839. The van der Waals surface area contributed by atoms with Gasteiger partial charge in [-0.15, -0.1) is 0 Å². The van der Waals surface area contributed by atoms with Gasteiger partial charge < -0.3 is 19.7 Å². The van der Waals surface area contributed by atoms with Gasteiger partial charge >= 0.3 is 6.09 Å². The predicted molar refractivity (Wildman–Crippen MR) is 77.9 cm³/mol. The Bertz CT molecular complexity index is 386. The van der Waals surface area contributed by atoms with E-state index in [9.17, 15) is 9.59 Å². The van der Waals surface area contributed by atoms with Gasteiger partial charge in [0.2, 0.25) is 5.91 Å². The minimum Gasteiger partial charge on any atom is -0.444 e. The van der Waals surface area contributed by atoms with Gasteiger partial charge in [-0.05, 0) is 40.0 Å². The molecule has 6 nitrogen and oxygen atoms in total. The lowest BCUT2D eigenvalue weighted by Crippen LogP contribution is -2.42. The molecule has 120 valence electrons. The van der Waals surface area contributed by atoms with E-state index in [1.54, 1.807) is 0 Å². The Morgan fingerprint density at radius 3 is 2.48 bits per heavy atom. The van der Waals surface area contributed by atoms with Gasteiger partial charge in [0.05, 0.1) is 6.04 Å². The molecule has 2 fully saturated rings. The van der Waals surface area contributed by atoms with Crippen LogP contribution in [-0.4, -0.2) is 54.8 Å². The Balaban J connectivity index is 1.77.